The molecule has 0 aromatic carbocycles. The third-order valence-corrected chi connectivity index (χ3v) is 4.86. The molecule has 0 aliphatic heterocycles. The molecular weight excluding hydrogens is 334 g/mol. The maximum atomic E-state index is 12.3. The fourth-order valence-electron chi connectivity index (χ4n) is 2.31. The van der Waals surface area contributed by atoms with Gasteiger partial charge in [-0.25, -0.2) is 4.68 Å². The van der Waals surface area contributed by atoms with Crippen molar-refractivity contribution in [1.82, 2.24) is 19.7 Å². The van der Waals surface area contributed by atoms with E-state index >= 15 is 0 Å². The number of nitrogens with zero attached hydrogens (tertiary/aromatic N) is 3. The molecule has 3 heterocycles. The first kappa shape index (κ1) is 16.0. The molecule has 0 spiro atoms. The minimum Gasteiger partial charge on any atom is -0.348 e. The van der Waals surface area contributed by atoms with Crippen molar-refractivity contribution in [2.24, 2.45) is 0 Å². The van der Waals surface area contributed by atoms with Gasteiger partial charge in [0.2, 0.25) is 5.95 Å². The minimum absolute atomic E-state index is 0.0147. The topological polar surface area (TPSA) is 75.6 Å². The van der Waals surface area contributed by atoms with Crippen LogP contribution < -0.4 is 10.9 Å². The van der Waals surface area contributed by atoms with Crippen molar-refractivity contribution in [2.75, 3.05) is 5.32 Å². The molecule has 0 bridgehead atoms. The molecule has 0 aliphatic carbocycles. The van der Waals surface area contributed by atoms with Crippen LogP contribution in [0.4, 0.5) is 5.95 Å². The van der Waals surface area contributed by atoms with Crippen LogP contribution in [0.15, 0.2) is 23.1 Å². The van der Waals surface area contributed by atoms with Crippen molar-refractivity contribution in [2.45, 2.75) is 39.3 Å². The van der Waals surface area contributed by atoms with Crippen LogP contribution in [-0.4, -0.2) is 19.7 Å². The zero-order valence-corrected chi connectivity index (χ0v) is 14.9. The Morgan fingerprint density at radius 1 is 1.39 bits per heavy atom. The molecule has 3 rings (SSSR count). The van der Waals surface area contributed by atoms with E-state index < -0.39 is 0 Å². The highest BCUT2D eigenvalue weighted by Gasteiger charge is 2.20. The molecule has 6 nitrogen and oxygen atoms in total. The lowest BCUT2D eigenvalue weighted by molar-refractivity contribution is 0.366. The van der Waals surface area contributed by atoms with Gasteiger partial charge >= 0.3 is 0 Å². The lowest BCUT2D eigenvalue weighted by Crippen LogP contribution is -2.24. The Hall–Kier alpha value is -1.86. The summed E-state index contributed by atoms with van der Waals surface area (Å²) in [5, 5.41) is 8.00. The molecule has 0 radical (unpaired) electrons. The molecule has 3 aromatic rings. The predicted octanol–water partition coefficient (Wildman–Crippen LogP) is 3.76. The van der Waals surface area contributed by atoms with Crippen molar-refractivity contribution < 1.29 is 0 Å². The smallest absolute Gasteiger partial charge is 0.263 e. The van der Waals surface area contributed by atoms with Crippen LogP contribution >= 0.6 is 22.9 Å². The van der Waals surface area contributed by atoms with Gasteiger partial charge in [0.25, 0.3) is 5.56 Å². The summed E-state index contributed by atoms with van der Waals surface area (Å²) in [6.07, 6.45) is 1.55. The maximum Gasteiger partial charge on any atom is 0.263 e. The molecule has 0 saturated carbocycles. The van der Waals surface area contributed by atoms with Gasteiger partial charge in [-0.05, 0) is 39.8 Å². The Labute approximate surface area is 142 Å². The quantitative estimate of drug-likeness (QED) is 0.753. The second-order valence-electron chi connectivity index (χ2n) is 6.39. The minimum atomic E-state index is -0.257. The molecule has 0 aliphatic rings. The van der Waals surface area contributed by atoms with E-state index in [4.69, 9.17) is 11.6 Å². The van der Waals surface area contributed by atoms with E-state index in [0.717, 1.165) is 9.21 Å². The number of aromatic nitrogens is 4. The van der Waals surface area contributed by atoms with Crippen LogP contribution in [0.5, 0.6) is 0 Å². The fraction of sp³-hybridized carbons (Fsp3) is 0.400. The summed E-state index contributed by atoms with van der Waals surface area (Å²) in [6, 6.07) is 3.80. The largest absolute Gasteiger partial charge is 0.348 e. The standard InChI is InChI=1S/C15H18ClN5OS/c1-8(10-5-6-11(16)23-10)18-14-19-12-9(13(22)20-14)7-17-21(12)15(2,3)4/h5-8H,1-4H3,(H2,18,19,20,22). The third-order valence-electron chi connectivity index (χ3n) is 3.45. The van der Waals surface area contributed by atoms with Gasteiger partial charge in [0.05, 0.1) is 22.1 Å². The van der Waals surface area contributed by atoms with Crippen LogP contribution in [0.3, 0.4) is 0 Å². The van der Waals surface area contributed by atoms with E-state index in [0.29, 0.717) is 17.0 Å². The van der Waals surface area contributed by atoms with Crippen molar-refractivity contribution >= 4 is 39.9 Å². The van der Waals surface area contributed by atoms with Gasteiger partial charge in [-0.1, -0.05) is 11.6 Å². The first-order valence-corrected chi connectivity index (χ1v) is 8.45. The van der Waals surface area contributed by atoms with Gasteiger partial charge in [0, 0.05) is 4.88 Å². The molecule has 2 N–H and O–H groups in total. The SMILES string of the molecule is CC(Nc1nc2c(cnn2C(C)(C)C)c(=O)[nH]1)c1ccc(Cl)s1. The molecule has 0 fully saturated rings. The molecular formula is C15H18ClN5OS. The van der Waals surface area contributed by atoms with Gasteiger partial charge in [-0.15, -0.1) is 11.3 Å². The number of anilines is 1. The molecule has 8 heteroatoms. The molecule has 0 amide bonds. The summed E-state index contributed by atoms with van der Waals surface area (Å²) < 4.78 is 2.49. The zero-order valence-electron chi connectivity index (χ0n) is 13.3. The molecule has 1 unspecified atom stereocenters. The van der Waals surface area contributed by atoms with Gasteiger partial charge in [-0.3, -0.25) is 9.78 Å². The van der Waals surface area contributed by atoms with Crippen LogP contribution in [0.2, 0.25) is 4.34 Å². The Bertz CT molecular complexity index is 905. The molecule has 122 valence electrons. The Kier molecular flexibility index (Phi) is 3.93. The van der Waals surface area contributed by atoms with Crippen LogP contribution in [0.25, 0.3) is 11.0 Å². The highest BCUT2D eigenvalue weighted by atomic mass is 35.5. The average Bonchev–Trinajstić information content (AvgIpc) is 3.04. The first-order valence-electron chi connectivity index (χ1n) is 7.26. The number of fused-ring (bicyclic) bond motifs is 1. The second kappa shape index (κ2) is 5.65. The highest BCUT2D eigenvalue weighted by molar-refractivity contribution is 7.16. The van der Waals surface area contributed by atoms with Gasteiger partial charge < -0.3 is 5.32 Å². The van der Waals surface area contributed by atoms with E-state index in [1.165, 1.54) is 11.3 Å². The number of halogens is 1. The number of H-pyrrole nitrogens is 1. The summed E-state index contributed by atoms with van der Waals surface area (Å²) in [7, 11) is 0. The summed E-state index contributed by atoms with van der Waals surface area (Å²) >= 11 is 7.47. The van der Waals surface area contributed by atoms with E-state index in [2.05, 4.69) is 20.4 Å². The zero-order chi connectivity index (χ0) is 16.8. The van der Waals surface area contributed by atoms with Crippen molar-refractivity contribution in [1.29, 1.82) is 0 Å². The molecule has 1 atom stereocenters. The Balaban J connectivity index is 2.00. The van der Waals surface area contributed by atoms with E-state index in [1.54, 1.807) is 10.9 Å². The average molecular weight is 352 g/mol. The number of aromatic amines is 1. The predicted molar refractivity (Wildman–Crippen MR) is 94.5 cm³/mol. The van der Waals surface area contributed by atoms with E-state index in [9.17, 15) is 4.79 Å². The van der Waals surface area contributed by atoms with Crippen molar-refractivity contribution in [3.05, 3.63) is 37.9 Å². The number of rotatable bonds is 3. The summed E-state index contributed by atoms with van der Waals surface area (Å²) in [5.74, 6) is 0.422. The highest BCUT2D eigenvalue weighted by Crippen LogP contribution is 2.28. The Morgan fingerprint density at radius 2 is 2.13 bits per heavy atom. The first-order chi connectivity index (χ1) is 10.8. The number of nitrogens with one attached hydrogen (secondary N) is 2. The monoisotopic (exact) mass is 351 g/mol. The van der Waals surface area contributed by atoms with Gasteiger partial charge in [-0.2, -0.15) is 10.1 Å². The normalized spacial score (nSPS) is 13.4. The summed E-state index contributed by atoms with van der Waals surface area (Å²) in [5.41, 5.74) is 0.108. The van der Waals surface area contributed by atoms with Crippen LogP contribution in [0.1, 0.15) is 38.6 Å². The van der Waals surface area contributed by atoms with E-state index in [-0.39, 0.29) is 17.1 Å². The molecule has 23 heavy (non-hydrogen) atoms. The molecule has 3 aromatic heterocycles. The maximum absolute atomic E-state index is 12.3. The number of hydrogen-bond donors (Lipinski definition) is 2. The molecule has 0 saturated heterocycles. The van der Waals surface area contributed by atoms with Crippen molar-refractivity contribution in [3.63, 3.8) is 0 Å². The fourth-order valence-corrected chi connectivity index (χ4v) is 3.38. The van der Waals surface area contributed by atoms with Gasteiger partial charge in [0.1, 0.15) is 5.39 Å². The van der Waals surface area contributed by atoms with Crippen LogP contribution in [-0.2, 0) is 5.54 Å². The lowest BCUT2D eigenvalue weighted by Gasteiger charge is -2.20. The lowest BCUT2D eigenvalue weighted by atomic mass is 10.1. The third kappa shape index (κ3) is 3.11. The second-order valence-corrected chi connectivity index (χ2v) is 8.13. The van der Waals surface area contributed by atoms with Crippen molar-refractivity contribution in [3.8, 4) is 0 Å². The van der Waals surface area contributed by atoms with Gasteiger partial charge in [0.15, 0.2) is 5.65 Å². The summed E-state index contributed by atoms with van der Waals surface area (Å²) in [6.45, 7) is 8.05. The number of thiophene rings is 1. The van der Waals surface area contributed by atoms with E-state index in [1.807, 2.05) is 39.8 Å². The van der Waals surface area contributed by atoms with Crippen LogP contribution in [0, 0.1) is 0 Å². The number of hydrogen-bond acceptors (Lipinski definition) is 5. The Morgan fingerprint density at radius 3 is 2.74 bits per heavy atom. The summed E-state index contributed by atoms with van der Waals surface area (Å²) in [4.78, 5) is 20.6.